The van der Waals surface area contributed by atoms with Gasteiger partial charge in [-0.05, 0) is 48.8 Å². The standard InChI is InChI=1S/C17H20N2O3/c1-22-17(21)15-12-5-6-13(9-12)16(15)19-14(20)7-4-11-3-2-8-18-10-11/h2-4,7-8,10,12-13,15-16H,5-6,9H2,1H3,(H,19,20)/b7-4+/t12-,13-,15+,16+/m0/s1. The molecule has 116 valence electrons. The maximum Gasteiger partial charge on any atom is 0.311 e. The molecule has 1 aromatic rings. The number of fused-ring (bicyclic) bond motifs is 2. The molecule has 0 saturated heterocycles. The average molecular weight is 300 g/mol. The molecular weight excluding hydrogens is 280 g/mol. The van der Waals surface area contributed by atoms with Gasteiger partial charge in [0, 0.05) is 24.5 Å². The van der Waals surface area contributed by atoms with Crippen LogP contribution in [0.25, 0.3) is 6.08 Å². The number of aromatic nitrogens is 1. The van der Waals surface area contributed by atoms with Crippen LogP contribution < -0.4 is 5.32 Å². The Morgan fingerprint density at radius 2 is 2.18 bits per heavy atom. The van der Waals surface area contributed by atoms with Crippen LogP contribution in [0.3, 0.4) is 0 Å². The fourth-order valence-corrected chi connectivity index (χ4v) is 3.83. The molecule has 2 aliphatic carbocycles. The zero-order valence-corrected chi connectivity index (χ0v) is 12.6. The Balaban J connectivity index is 1.65. The molecule has 1 amide bonds. The van der Waals surface area contributed by atoms with Gasteiger partial charge in [0.2, 0.25) is 5.91 Å². The lowest BCUT2D eigenvalue weighted by atomic mass is 9.84. The van der Waals surface area contributed by atoms with E-state index < -0.39 is 0 Å². The van der Waals surface area contributed by atoms with Gasteiger partial charge in [-0.25, -0.2) is 0 Å². The van der Waals surface area contributed by atoms with Crippen molar-refractivity contribution in [2.45, 2.75) is 25.3 Å². The molecule has 5 heteroatoms. The molecule has 1 heterocycles. The first-order chi connectivity index (χ1) is 10.7. The van der Waals surface area contributed by atoms with Crippen molar-refractivity contribution in [3.8, 4) is 0 Å². The predicted molar refractivity (Wildman–Crippen MR) is 81.5 cm³/mol. The summed E-state index contributed by atoms with van der Waals surface area (Å²) in [5.74, 6) is 0.179. The highest BCUT2D eigenvalue weighted by Crippen LogP contribution is 2.48. The van der Waals surface area contributed by atoms with E-state index >= 15 is 0 Å². The molecule has 5 nitrogen and oxygen atoms in total. The van der Waals surface area contributed by atoms with Gasteiger partial charge in [-0.1, -0.05) is 6.07 Å². The molecule has 0 radical (unpaired) electrons. The lowest BCUT2D eigenvalue weighted by Crippen LogP contribution is -2.46. The molecule has 3 rings (SSSR count). The minimum atomic E-state index is -0.200. The van der Waals surface area contributed by atoms with Crippen LogP contribution in [0.15, 0.2) is 30.6 Å². The molecule has 0 aliphatic heterocycles. The van der Waals surface area contributed by atoms with Crippen molar-refractivity contribution < 1.29 is 14.3 Å². The van der Waals surface area contributed by atoms with E-state index in [9.17, 15) is 9.59 Å². The number of esters is 1. The maximum atomic E-state index is 12.1. The predicted octanol–water partition coefficient (Wildman–Crippen LogP) is 1.80. The third-order valence-corrected chi connectivity index (χ3v) is 4.81. The Labute approximate surface area is 129 Å². The van der Waals surface area contributed by atoms with Gasteiger partial charge in [0.25, 0.3) is 0 Å². The molecule has 2 saturated carbocycles. The Hall–Kier alpha value is -2.17. The largest absolute Gasteiger partial charge is 0.469 e. The molecule has 2 aliphatic rings. The Kier molecular flexibility index (Phi) is 4.22. The van der Waals surface area contributed by atoms with Crippen LogP contribution in [0, 0.1) is 17.8 Å². The van der Waals surface area contributed by atoms with Gasteiger partial charge in [-0.2, -0.15) is 0 Å². The number of ether oxygens (including phenoxy) is 1. The molecule has 2 fully saturated rings. The van der Waals surface area contributed by atoms with E-state index in [-0.39, 0.29) is 23.8 Å². The van der Waals surface area contributed by atoms with Gasteiger partial charge < -0.3 is 10.1 Å². The maximum absolute atomic E-state index is 12.1. The third kappa shape index (κ3) is 2.89. The zero-order chi connectivity index (χ0) is 15.5. The van der Waals surface area contributed by atoms with E-state index in [0.29, 0.717) is 11.8 Å². The second kappa shape index (κ2) is 6.30. The lowest BCUT2D eigenvalue weighted by molar-refractivity contribution is -0.148. The number of nitrogens with zero attached hydrogens (tertiary/aromatic N) is 1. The first-order valence-corrected chi connectivity index (χ1v) is 7.65. The van der Waals surface area contributed by atoms with Gasteiger partial charge in [0.15, 0.2) is 0 Å². The highest BCUT2D eigenvalue weighted by atomic mass is 16.5. The normalized spacial score (nSPS) is 29.7. The van der Waals surface area contributed by atoms with Gasteiger partial charge in [0.1, 0.15) is 0 Å². The van der Waals surface area contributed by atoms with Crippen LogP contribution in [-0.4, -0.2) is 30.0 Å². The second-order valence-corrected chi connectivity index (χ2v) is 6.04. The van der Waals surface area contributed by atoms with Crippen LogP contribution in [0.2, 0.25) is 0 Å². The van der Waals surface area contributed by atoms with Crippen molar-refractivity contribution in [2.24, 2.45) is 17.8 Å². The summed E-state index contributed by atoms with van der Waals surface area (Å²) >= 11 is 0. The number of rotatable bonds is 4. The third-order valence-electron chi connectivity index (χ3n) is 4.81. The summed E-state index contributed by atoms with van der Waals surface area (Å²) in [6, 6.07) is 3.60. The van der Waals surface area contributed by atoms with E-state index in [1.54, 1.807) is 18.5 Å². The van der Waals surface area contributed by atoms with E-state index in [2.05, 4.69) is 10.3 Å². The Morgan fingerprint density at radius 1 is 1.36 bits per heavy atom. The van der Waals surface area contributed by atoms with Crippen LogP contribution in [-0.2, 0) is 14.3 Å². The van der Waals surface area contributed by atoms with E-state index in [0.717, 1.165) is 24.8 Å². The molecule has 0 aromatic carbocycles. The Bertz CT molecular complexity index is 585. The number of carbonyl (C=O) groups excluding carboxylic acids is 2. The van der Waals surface area contributed by atoms with Crippen molar-refractivity contribution in [2.75, 3.05) is 7.11 Å². The number of amides is 1. The van der Waals surface area contributed by atoms with Crippen molar-refractivity contribution in [3.63, 3.8) is 0 Å². The monoisotopic (exact) mass is 300 g/mol. The van der Waals surface area contributed by atoms with Crippen LogP contribution in [0.4, 0.5) is 0 Å². The first kappa shape index (κ1) is 14.8. The molecule has 0 unspecified atom stereocenters. The summed E-state index contributed by atoms with van der Waals surface area (Å²) in [6.07, 6.45) is 9.75. The summed E-state index contributed by atoms with van der Waals surface area (Å²) in [5.41, 5.74) is 0.870. The SMILES string of the molecule is COC(=O)[C@@H]1[C@H]2CC[C@@H](C2)[C@H]1NC(=O)/C=C/c1cccnc1. The summed E-state index contributed by atoms with van der Waals surface area (Å²) < 4.78 is 4.91. The molecule has 1 aromatic heterocycles. The summed E-state index contributed by atoms with van der Waals surface area (Å²) in [4.78, 5) is 28.1. The second-order valence-electron chi connectivity index (χ2n) is 6.04. The van der Waals surface area contributed by atoms with E-state index in [4.69, 9.17) is 4.74 Å². The summed E-state index contributed by atoms with van der Waals surface area (Å²) in [6.45, 7) is 0. The lowest BCUT2D eigenvalue weighted by Gasteiger charge is -2.29. The summed E-state index contributed by atoms with van der Waals surface area (Å²) in [7, 11) is 1.41. The minimum Gasteiger partial charge on any atom is -0.469 e. The number of hydrogen-bond donors (Lipinski definition) is 1. The molecule has 22 heavy (non-hydrogen) atoms. The van der Waals surface area contributed by atoms with Crippen molar-refractivity contribution in [1.82, 2.24) is 10.3 Å². The Morgan fingerprint density at radius 3 is 2.91 bits per heavy atom. The quantitative estimate of drug-likeness (QED) is 0.680. The van der Waals surface area contributed by atoms with Gasteiger partial charge in [0.05, 0.1) is 13.0 Å². The number of pyridine rings is 1. The number of carbonyl (C=O) groups is 2. The van der Waals surface area contributed by atoms with Gasteiger partial charge in [-0.15, -0.1) is 0 Å². The number of methoxy groups -OCH3 is 1. The average Bonchev–Trinajstić information content (AvgIpc) is 3.14. The van der Waals surface area contributed by atoms with Crippen LogP contribution in [0.5, 0.6) is 0 Å². The van der Waals surface area contributed by atoms with Crippen molar-refractivity contribution in [3.05, 3.63) is 36.2 Å². The molecular formula is C17H20N2O3. The van der Waals surface area contributed by atoms with E-state index in [1.165, 1.54) is 13.2 Å². The molecule has 0 spiro atoms. The van der Waals surface area contributed by atoms with Crippen LogP contribution >= 0.6 is 0 Å². The molecule has 4 atom stereocenters. The fraction of sp³-hybridized carbons (Fsp3) is 0.471. The molecule has 2 bridgehead atoms. The number of hydrogen-bond acceptors (Lipinski definition) is 4. The number of nitrogens with one attached hydrogen (secondary N) is 1. The smallest absolute Gasteiger partial charge is 0.311 e. The van der Waals surface area contributed by atoms with E-state index in [1.807, 2.05) is 12.1 Å². The summed E-state index contributed by atoms with van der Waals surface area (Å²) in [5, 5.41) is 3.00. The van der Waals surface area contributed by atoms with Gasteiger partial charge in [-0.3, -0.25) is 14.6 Å². The molecule has 1 N–H and O–H groups in total. The minimum absolute atomic E-state index is 0.0998. The van der Waals surface area contributed by atoms with Crippen molar-refractivity contribution in [1.29, 1.82) is 0 Å². The zero-order valence-electron chi connectivity index (χ0n) is 12.6. The highest BCUT2D eigenvalue weighted by Gasteiger charge is 2.51. The topological polar surface area (TPSA) is 68.3 Å². The first-order valence-electron chi connectivity index (χ1n) is 7.65. The van der Waals surface area contributed by atoms with Crippen LogP contribution in [0.1, 0.15) is 24.8 Å². The van der Waals surface area contributed by atoms with Crippen molar-refractivity contribution >= 4 is 18.0 Å². The highest BCUT2D eigenvalue weighted by molar-refractivity contribution is 5.92. The van der Waals surface area contributed by atoms with Gasteiger partial charge >= 0.3 is 5.97 Å². The fourth-order valence-electron chi connectivity index (χ4n) is 3.83.